The molecule has 1 N–H and O–H groups in total. The zero-order valence-electron chi connectivity index (χ0n) is 10.7. The van der Waals surface area contributed by atoms with Gasteiger partial charge in [-0.25, -0.2) is 8.42 Å². The zero-order valence-corrected chi connectivity index (χ0v) is 11.6. The number of rotatable bonds is 4. The van der Waals surface area contributed by atoms with Gasteiger partial charge in [0.1, 0.15) is 5.75 Å². The summed E-state index contributed by atoms with van der Waals surface area (Å²) in [5, 5.41) is 4.01. The average Bonchev–Trinajstić information content (AvgIpc) is 2.71. The van der Waals surface area contributed by atoms with Crippen LogP contribution in [0.4, 0.5) is 0 Å². The molecule has 104 valence electrons. The fourth-order valence-corrected chi connectivity index (χ4v) is 4.03. The van der Waals surface area contributed by atoms with E-state index in [9.17, 15) is 13.2 Å². The van der Waals surface area contributed by atoms with E-state index >= 15 is 0 Å². The molecular formula is C12H17N3O3S. The molecule has 1 unspecified atom stereocenters. The molecule has 0 saturated heterocycles. The summed E-state index contributed by atoms with van der Waals surface area (Å²) in [4.78, 5) is 11.9. The number of fused-ring (bicyclic) bond motifs is 1. The van der Waals surface area contributed by atoms with E-state index in [1.54, 1.807) is 19.3 Å². The molecule has 3 rings (SSSR count). The second-order valence-electron chi connectivity index (χ2n) is 5.63. The van der Waals surface area contributed by atoms with Gasteiger partial charge < -0.3 is 0 Å². The van der Waals surface area contributed by atoms with Crippen LogP contribution < -0.4 is 4.72 Å². The second kappa shape index (κ2) is 4.33. The van der Waals surface area contributed by atoms with Crippen molar-refractivity contribution in [2.24, 2.45) is 24.8 Å². The van der Waals surface area contributed by atoms with Crippen LogP contribution in [0.15, 0.2) is 12.3 Å². The van der Waals surface area contributed by atoms with Gasteiger partial charge in [-0.05, 0) is 37.2 Å². The average molecular weight is 283 g/mol. The number of aromatic nitrogens is 2. The maximum Gasteiger partial charge on any atom is 0.240 e. The van der Waals surface area contributed by atoms with Crippen LogP contribution in [0, 0.1) is 17.8 Å². The molecule has 2 saturated carbocycles. The Bertz CT molecular complexity index is 597. The lowest BCUT2D eigenvalue weighted by atomic mass is 10.0. The van der Waals surface area contributed by atoms with Crippen LogP contribution in [0.1, 0.15) is 25.0 Å². The minimum absolute atomic E-state index is 0.123. The van der Waals surface area contributed by atoms with Crippen LogP contribution in [0.3, 0.4) is 0 Å². The minimum atomic E-state index is -3.64. The van der Waals surface area contributed by atoms with E-state index in [2.05, 4.69) is 9.82 Å². The highest BCUT2D eigenvalue weighted by atomic mass is 32.2. The third-order valence-corrected chi connectivity index (χ3v) is 5.17. The van der Waals surface area contributed by atoms with Gasteiger partial charge in [-0.2, -0.15) is 5.10 Å². The number of aryl methyl sites for hydroxylation is 1. The molecular weight excluding hydrogens is 266 g/mol. The summed E-state index contributed by atoms with van der Waals surface area (Å²) in [7, 11) is -1.91. The molecule has 2 aliphatic carbocycles. The van der Waals surface area contributed by atoms with E-state index in [-0.39, 0.29) is 17.6 Å². The third-order valence-electron chi connectivity index (χ3n) is 3.98. The monoisotopic (exact) mass is 283 g/mol. The molecule has 1 aromatic rings. The first-order valence-corrected chi connectivity index (χ1v) is 8.11. The molecule has 3 atom stereocenters. The first-order chi connectivity index (χ1) is 8.93. The lowest BCUT2D eigenvalue weighted by Crippen LogP contribution is -2.36. The van der Waals surface area contributed by atoms with Crippen molar-refractivity contribution in [3.8, 4) is 0 Å². The SMILES string of the molecule is Cn1ccc(CS(=O)(=O)NC(=O)C2C[C@@H]3C[C@@H]3C2)n1. The summed E-state index contributed by atoms with van der Waals surface area (Å²) in [6, 6.07) is 1.63. The van der Waals surface area contributed by atoms with Crippen molar-refractivity contribution in [2.45, 2.75) is 25.0 Å². The highest BCUT2D eigenvalue weighted by molar-refractivity contribution is 7.89. The Kier molecular flexibility index (Phi) is 2.88. The molecule has 0 spiro atoms. The lowest BCUT2D eigenvalue weighted by Gasteiger charge is -2.12. The van der Waals surface area contributed by atoms with Gasteiger partial charge in [0.15, 0.2) is 0 Å². The van der Waals surface area contributed by atoms with Gasteiger partial charge in [-0.1, -0.05) is 0 Å². The Morgan fingerprint density at radius 3 is 2.68 bits per heavy atom. The molecule has 1 amide bonds. The largest absolute Gasteiger partial charge is 0.276 e. The van der Waals surface area contributed by atoms with Gasteiger partial charge in [-0.15, -0.1) is 0 Å². The number of carbonyl (C=O) groups excluding carboxylic acids is 1. The second-order valence-corrected chi connectivity index (χ2v) is 7.35. The number of nitrogens with zero attached hydrogens (tertiary/aromatic N) is 2. The van der Waals surface area contributed by atoms with Crippen molar-refractivity contribution in [1.29, 1.82) is 0 Å². The zero-order chi connectivity index (χ0) is 13.6. The van der Waals surface area contributed by atoms with E-state index in [0.29, 0.717) is 17.5 Å². The van der Waals surface area contributed by atoms with Crippen LogP contribution in [0.5, 0.6) is 0 Å². The van der Waals surface area contributed by atoms with Gasteiger partial charge in [0.25, 0.3) is 0 Å². The minimum Gasteiger partial charge on any atom is -0.276 e. The number of nitrogens with one attached hydrogen (secondary N) is 1. The molecule has 1 heterocycles. The maximum atomic E-state index is 11.9. The van der Waals surface area contributed by atoms with Crippen molar-refractivity contribution in [3.63, 3.8) is 0 Å². The molecule has 6 nitrogen and oxygen atoms in total. The summed E-state index contributed by atoms with van der Waals surface area (Å²) >= 11 is 0. The standard InChI is InChI=1S/C12H17N3O3S/c1-15-3-2-11(13-15)7-19(17,18)14-12(16)10-5-8-4-9(8)6-10/h2-3,8-10H,4-7H2,1H3,(H,14,16)/t8-,9+,10?. The summed E-state index contributed by atoms with van der Waals surface area (Å²) in [5.41, 5.74) is 0.442. The number of amides is 1. The number of hydrogen-bond acceptors (Lipinski definition) is 4. The molecule has 0 radical (unpaired) electrons. The van der Waals surface area contributed by atoms with Gasteiger partial charge in [0.05, 0.1) is 5.69 Å². The molecule has 0 aromatic carbocycles. The van der Waals surface area contributed by atoms with E-state index in [0.717, 1.165) is 12.8 Å². The van der Waals surface area contributed by atoms with Gasteiger partial charge in [-0.3, -0.25) is 14.2 Å². The van der Waals surface area contributed by atoms with Crippen LogP contribution in [0.25, 0.3) is 0 Å². The van der Waals surface area contributed by atoms with Crippen LogP contribution in [-0.2, 0) is 27.6 Å². The summed E-state index contributed by atoms with van der Waals surface area (Å²) in [6.07, 6.45) is 4.58. The van der Waals surface area contributed by atoms with Crippen molar-refractivity contribution in [2.75, 3.05) is 0 Å². The van der Waals surface area contributed by atoms with Gasteiger partial charge >= 0.3 is 0 Å². The van der Waals surface area contributed by atoms with E-state index < -0.39 is 10.0 Å². The van der Waals surface area contributed by atoms with Crippen molar-refractivity contribution in [3.05, 3.63) is 18.0 Å². The fraction of sp³-hybridized carbons (Fsp3) is 0.667. The number of hydrogen-bond donors (Lipinski definition) is 1. The number of sulfonamides is 1. The molecule has 2 aliphatic rings. The van der Waals surface area contributed by atoms with E-state index in [1.807, 2.05) is 0 Å². The van der Waals surface area contributed by atoms with Crippen LogP contribution in [-0.4, -0.2) is 24.1 Å². The van der Waals surface area contributed by atoms with E-state index in [4.69, 9.17) is 0 Å². The van der Waals surface area contributed by atoms with Crippen molar-refractivity contribution < 1.29 is 13.2 Å². The fourth-order valence-electron chi connectivity index (χ4n) is 2.94. The molecule has 7 heteroatoms. The topological polar surface area (TPSA) is 81.1 Å². The Labute approximate surface area is 112 Å². The van der Waals surface area contributed by atoms with E-state index in [1.165, 1.54) is 11.1 Å². The smallest absolute Gasteiger partial charge is 0.240 e. The van der Waals surface area contributed by atoms with Gasteiger partial charge in [0.2, 0.25) is 15.9 Å². The highest BCUT2D eigenvalue weighted by Crippen LogP contribution is 2.54. The first kappa shape index (κ1) is 12.7. The predicted octanol–water partition coefficient (Wildman–Crippen LogP) is 0.412. The highest BCUT2D eigenvalue weighted by Gasteiger charge is 2.48. The Balaban J connectivity index is 1.59. The van der Waals surface area contributed by atoms with Crippen LogP contribution in [0.2, 0.25) is 0 Å². The first-order valence-electron chi connectivity index (χ1n) is 6.46. The molecule has 1 aromatic heterocycles. The maximum absolute atomic E-state index is 11.9. The molecule has 0 bridgehead atoms. The normalized spacial score (nSPS) is 29.0. The number of carbonyl (C=O) groups is 1. The summed E-state index contributed by atoms with van der Waals surface area (Å²) < 4.78 is 27.5. The predicted molar refractivity (Wildman–Crippen MR) is 68.3 cm³/mol. The third kappa shape index (κ3) is 2.80. The molecule has 2 fully saturated rings. The van der Waals surface area contributed by atoms with Crippen molar-refractivity contribution in [1.82, 2.24) is 14.5 Å². The van der Waals surface area contributed by atoms with Crippen LogP contribution >= 0.6 is 0 Å². The lowest BCUT2D eigenvalue weighted by molar-refractivity contribution is -0.123. The summed E-state index contributed by atoms with van der Waals surface area (Å²) in [5.74, 6) is 0.605. The Hall–Kier alpha value is -1.37. The van der Waals surface area contributed by atoms with Gasteiger partial charge in [0, 0.05) is 19.2 Å². The van der Waals surface area contributed by atoms with Crippen molar-refractivity contribution >= 4 is 15.9 Å². The quantitative estimate of drug-likeness (QED) is 0.868. The Morgan fingerprint density at radius 2 is 2.11 bits per heavy atom. The molecule has 0 aliphatic heterocycles. The summed E-state index contributed by atoms with van der Waals surface area (Å²) in [6.45, 7) is 0. The Morgan fingerprint density at radius 1 is 1.42 bits per heavy atom. The molecule has 19 heavy (non-hydrogen) atoms.